The van der Waals surface area contributed by atoms with E-state index >= 15 is 0 Å². The summed E-state index contributed by atoms with van der Waals surface area (Å²) in [7, 11) is 0. The summed E-state index contributed by atoms with van der Waals surface area (Å²) in [6, 6.07) is 6.60. The van der Waals surface area contributed by atoms with Gasteiger partial charge in [-0.25, -0.2) is 0 Å². The minimum atomic E-state index is 0.0867. The third-order valence-electron chi connectivity index (χ3n) is 7.79. The third-order valence-corrected chi connectivity index (χ3v) is 7.79. The van der Waals surface area contributed by atoms with E-state index in [1.165, 1.54) is 48.3 Å². The number of piperidine rings is 1. The van der Waals surface area contributed by atoms with E-state index in [0.29, 0.717) is 25.0 Å². The lowest BCUT2D eigenvalue weighted by molar-refractivity contribution is -1.00. The molecule has 0 bridgehead atoms. The molecular formula is C25H40N4O2+2. The molecule has 2 atom stereocenters. The van der Waals surface area contributed by atoms with Crippen molar-refractivity contribution in [3.05, 3.63) is 29.3 Å². The van der Waals surface area contributed by atoms with Crippen LogP contribution in [0.2, 0.25) is 0 Å². The minimum Gasteiger partial charge on any atom is -0.335 e. The van der Waals surface area contributed by atoms with E-state index in [1.807, 2.05) is 32.0 Å². The Kier molecular flexibility index (Phi) is 7.28. The molecule has 6 heteroatoms. The van der Waals surface area contributed by atoms with Crippen LogP contribution in [0.1, 0.15) is 49.7 Å². The van der Waals surface area contributed by atoms with Crippen LogP contribution in [0.3, 0.4) is 0 Å². The van der Waals surface area contributed by atoms with Crippen LogP contribution < -0.4 is 15.1 Å². The Morgan fingerprint density at radius 2 is 1.55 bits per heavy atom. The number of carbonyl (C=O) groups excluding carboxylic acids is 2. The number of benzene rings is 1. The fraction of sp³-hybridized carbons (Fsp3) is 0.680. The van der Waals surface area contributed by atoms with Gasteiger partial charge in [0.2, 0.25) is 0 Å². The van der Waals surface area contributed by atoms with Crippen LogP contribution >= 0.6 is 0 Å². The van der Waals surface area contributed by atoms with E-state index < -0.39 is 0 Å². The molecule has 2 aliphatic heterocycles. The van der Waals surface area contributed by atoms with Crippen molar-refractivity contribution < 1.29 is 19.4 Å². The van der Waals surface area contributed by atoms with Crippen LogP contribution in [0, 0.1) is 19.8 Å². The molecule has 3 fully saturated rings. The Morgan fingerprint density at radius 1 is 0.935 bits per heavy atom. The predicted molar refractivity (Wildman–Crippen MR) is 122 cm³/mol. The van der Waals surface area contributed by atoms with Gasteiger partial charge in [-0.05, 0) is 56.6 Å². The van der Waals surface area contributed by atoms with Crippen molar-refractivity contribution in [2.75, 3.05) is 51.1 Å². The Labute approximate surface area is 187 Å². The SMILES string of the molecule is Cc1cccc(C)c1NC(=O)C[NH+]1CC[NH+](CC(=O)N2CCC[C@H]3CCCC[C@@H]32)CC1. The van der Waals surface area contributed by atoms with Gasteiger partial charge in [-0.1, -0.05) is 31.0 Å². The largest absolute Gasteiger partial charge is 0.335 e. The maximum absolute atomic E-state index is 13.1. The number of amides is 2. The van der Waals surface area contributed by atoms with Gasteiger partial charge in [-0.3, -0.25) is 9.59 Å². The smallest absolute Gasteiger partial charge is 0.279 e. The second-order valence-electron chi connectivity index (χ2n) is 10.0. The molecule has 0 unspecified atom stereocenters. The highest BCUT2D eigenvalue weighted by Gasteiger charge is 2.37. The normalized spacial score (nSPS) is 28.6. The molecular weight excluding hydrogens is 388 g/mol. The van der Waals surface area contributed by atoms with Gasteiger partial charge in [0, 0.05) is 18.3 Å². The highest BCUT2D eigenvalue weighted by atomic mass is 16.2. The van der Waals surface area contributed by atoms with Gasteiger partial charge in [0.15, 0.2) is 13.1 Å². The van der Waals surface area contributed by atoms with E-state index in [1.54, 1.807) is 0 Å². The van der Waals surface area contributed by atoms with Crippen LogP contribution in [0.25, 0.3) is 0 Å². The maximum atomic E-state index is 13.1. The maximum Gasteiger partial charge on any atom is 0.279 e. The number of rotatable bonds is 5. The fourth-order valence-corrected chi connectivity index (χ4v) is 5.98. The molecule has 0 spiro atoms. The van der Waals surface area contributed by atoms with Gasteiger partial charge in [-0.2, -0.15) is 0 Å². The zero-order valence-electron chi connectivity index (χ0n) is 19.3. The summed E-state index contributed by atoms with van der Waals surface area (Å²) in [5, 5.41) is 3.11. The number of nitrogens with zero attached hydrogens (tertiary/aromatic N) is 1. The molecule has 1 saturated carbocycles. The summed E-state index contributed by atoms with van der Waals surface area (Å²) in [4.78, 5) is 30.6. The highest BCUT2D eigenvalue weighted by molar-refractivity contribution is 5.93. The molecule has 1 aromatic rings. The summed E-state index contributed by atoms with van der Waals surface area (Å²) in [5.74, 6) is 1.20. The van der Waals surface area contributed by atoms with E-state index in [2.05, 4.69) is 10.2 Å². The number of likely N-dealkylation sites (tertiary alicyclic amines) is 1. The van der Waals surface area contributed by atoms with Gasteiger partial charge in [0.05, 0.1) is 0 Å². The first-order valence-corrected chi connectivity index (χ1v) is 12.3. The zero-order chi connectivity index (χ0) is 21.8. The van der Waals surface area contributed by atoms with Crippen LogP contribution in [-0.2, 0) is 9.59 Å². The molecule has 0 aromatic heterocycles. The molecule has 6 nitrogen and oxygen atoms in total. The number of aryl methyl sites for hydroxylation is 2. The molecule has 4 rings (SSSR count). The van der Waals surface area contributed by atoms with Crippen molar-refractivity contribution >= 4 is 17.5 Å². The first-order valence-electron chi connectivity index (χ1n) is 12.3. The lowest BCUT2D eigenvalue weighted by Gasteiger charge is -2.44. The van der Waals surface area contributed by atoms with Crippen molar-refractivity contribution in [1.82, 2.24) is 4.90 Å². The Bertz CT molecular complexity index is 765. The van der Waals surface area contributed by atoms with Crippen molar-refractivity contribution in [1.29, 1.82) is 0 Å². The topological polar surface area (TPSA) is 58.3 Å². The Hall–Kier alpha value is -1.92. The average Bonchev–Trinajstić information content (AvgIpc) is 2.77. The van der Waals surface area contributed by atoms with E-state index in [4.69, 9.17) is 0 Å². The first-order chi connectivity index (χ1) is 15.0. The number of anilines is 1. The van der Waals surface area contributed by atoms with E-state index in [9.17, 15) is 9.59 Å². The van der Waals surface area contributed by atoms with Gasteiger partial charge < -0.3 is 20.0 Å². The average molecular weight is 429 g/mol. The number of fused-ring (bicyclic) bond motifs is 1. The number of carbonyl (C=O) groups is 2. The standard InChI is InChI=1S/C25H38N4O2/c1-19-7-5-8-20(2)25(19)26-23(30)17-27-13-15-28(16-14-27)18-24(31)29-12-6-10-21-9-3-4-11-22(21)29/h5,7-8,21-22H,3-4,6,9-18H2,1-2H3,(H,26,30)/p+2/t21-,22+/m1/s1. The van der Waals surface area contributed by atoms with Gasteiger partial charge >= 0.3 is 0 Å². The summed E-state index contributed by atoms with van der Waals surface area (Å²) in [6.07, 6.45) is 7.63. The number of para-hydroxylation sites is 1. The molecule has 2 amide bonds. The first kappa shape index (κ1) is 22.3. The zero-order valence-corrected chi connectivity index (χ0v) is 19.3. The van der Waals surface area contributed by atoms with Crippen LogP contribution in [-0.4, -0.2) is 68.6 Å². The molecule has 2 heterocycles. The molecule has 1 aliphatic carbocycles. The highest BCUT2D eigenvalue weighted by Crippen LogP contribution is 2.35. The number of nitrogens with one attached hydrogen (secondary N) is 3. The summed E-state index contributed by atoms with van der Waals surface area (Å²) in [5.41, 5.74) is 3.16. The number of hydrogen-bond donors (Lipinski definition) is 3. The Morgan fingerprint density at radius 3 is 2.26 bits per heavy atom. The second kappa shape index (κ2) is 10.1. The van der Waals surface area contributed by atoms with Crippen molar-refractivity contribution in [3.8, 4) is 0 Å². The van der Waals surface area contributed by atoms with E-state index in [0.717, 1.165) is 55.5 Å². The van der Waals surface area contributed by atoms with Crippen molar-refractivity contribution in [3.63, 3.8) is 0 Å². The quantitative estimate of drug-likeness (QED) is 0.628. The lowest BCUT2D eigenvalue weighted by Crippen LogP contribution is -3.28. The van der Waals surface area contributed by atoms with Gasteiger partial charge in [0.25, 0.3) is 11.8 Å². The molecule has 31 heavy (non-hydrogen) atoms. The van der Waals surface area contributed by atoms with Gasteiger partial charge in [0.1, 0.15) is 26.2 Å². The number of hydrogen-bond acceptors (Lipinski definition) is 2. The van der Waals surface area contributed by atoms with E-state index in [-0.39, 0.29) is 5.91 Å². The number of piperazine rings is 1. The summed E-state index contributed by atoms with van der Waals surface area (Å²) in [6.45, 7) is 10.0. The molecule has 170 valence electrons. The summed E-state index contributed by atoms with van der Waals surface area (Å²) < 4.78 is 0. The van der Waals surface area contributed by atoms with Crippen LogP contribution in [0.5, 0.6) is 0 Å². The second-order valence-corrected chi connectivity index (χ2v) is 10.0. The van der Waals surface area contributed by atoms with Crippen LogP contribution in [0.4, 0.5) is 5.69 Å². The lowest BCUT2D eigenvalue weighted by atomic mass is 9.78. The van der Waals surface area contributed by atoms with Gasteiger partial charge in [-0.15, -0.1) is 0 Å². The van der Waals surface area contributed by atoms with Crippen molar-refractivity contribution in [2.45, 2.75) is 58.4 Å². The molecule has 2 saturated heterocycles. The third kappa shape index (κ3) is 5.47. The predicted octanol–water partition coefficient (Wildman–Crippen LogP) is 0.207. The minimum absolute atomic E-state index is 0.0867. The van der Waals surface area contributed by atoms with Crippen molar-refractivity contribution in [2.24, 2.45) is 5.92 Å². The molecule has 3 aliphatic rings. The molecule has 3 N–H and O–H groups in total. The summed E-state index contributed by atoms with van der Waals surface area (Å²) >= 11 is 0. The fourth-order valence-electron chi connectivity index (χ4n) is 5.98. The number of quaternary nitrogens is 2. The monoisotopic (exact) mass is 428 g/mol. The molecule has 1 aromatic carbocycles. The Balaban J connectivity index is 1.22. The van der Waals surface area contributed by atoms with Crippen LogP contribution in [0.15, 0.2) is 18.2 Å². The molecule has 0 radical (unpaired) electrons.